The second-order valence-corrected chi connectivity index (χ2v) is 7.53. The fraction of sp³-hybridized carbons (Fsp3) is 0.524. The van der Waals surface area contributed by atoms with E-state index in [1.807, 2.05) is 0 Å². The first-order chi connectivity index (χ1) is 13.5. The van der Waals surface area contributed by atoms with Gasteiger partial charge in [0.2, 0.25) is 5.91 Å². The summed E-state index contributed by atoms with van der Waals surface area (Å²) in [6.45, 7) is 1.65. The summed E-state index contributed by atoms with van der Waals surface area (Å²) in [4.78, 5) is 36.1. The van der Waals surface area contributed by atoms with Gasteiger partial charge in [0.05, 0.1) is 10.5 Å². The number of nitrogens with zero attached hydrogens (tertiary/aromatic N) is 1. The minimum atomic E-state index is -0.684. The highest BCUT2D eigenvalue weighted by Gasteiger charge is 2.36. The van der Waals surface area contributed by atoms with Crippen molar-refractivity contribution in [3.05, 3.63) is 51.2 Å². The minimum Gasteiger partial charge on any atom is -0.459 e. The van der Waals surface area contributed by atoms with Crippen LogP contribution < -0.4 is 5.32 Å². The van der Waals surface area contributed by atoms with Crippen molar-refractivity contribution in [3.8, 4) is 0 Å². The minimum absolute atomic E-state index is 0.0166. The maximum atomic E-state index is 13.0. The van der Waals surface area contributed by atoms with Crippen LogP contribution in [0.15, 0.2) is 35.5 Å². The number of allylic oxidation sites excluding steroid dienone is 1. The van der Waals surface area contributed by atoms with Crippen molar-refractivity contribution >= 4 is 17.6 Å². The normalized spacial score (nSPS) is 21.5. The number of hydrogen-bond acceptors (Lipinski definition) is 5. The molecule has 3 rings (SSSR count). The van der Waals surface area contributed by atoms with Gasteiger partial charge in [0.15, 0.2) is 0 Å². The summed E-state index contributed by atoms with van der Waals surface area (Å²) < 4.78 is 5.81. The molecule has 1 aromatic rings. The maximum Gasteiger partial charge on any atom is 0.336 e. The summed E-state index contributed by atoms with van der Waals surface area (Å²) in [6.07, 6.45) is 7.07. The van der Waals surface area contributed by atoms with Crippen LogP contribution in [0.25, 0.3) is 0 Å². The topological polar surface area (TPSA) is 98.5 Å². The molecule has 150 valence electrons. The highest BCUT2D eigenvalue weighted by atomic mass is 16.6. The average Bonchev–Trinajstić information content (AvgIpc) is 2.63. The third kappa shape index (κ3) is 4.58. The van der Waals surface area contributed by atoms with Gasteiger partial charge in [0.25, 0.3) is 5.69 Å². The molecule has 0 radical (unpaired) electrons. The molecule has 0 bridgehead atoms. The number of nitro benzene ring substituents is 1. The van der Waals surface area contributed by atoms with Gasteiger partial charge in [-0.1, -0.05) is 37.5 Å². The Bertz CT molecular complexity index is 794. The van der Waals surface area contributed by atoms with Gasteiger partial charge in [-0.3, -0.25) is 14.9 Å². The van der Waals surface area contributed by atoms with Crippen molar-refractivity contribution in [1.29, 1.82) is 0 Å². The van der Waals surface area contributed by atoms with E-state index < -0.39 is 16.8 Å². The fourth-order valence-corrected chi connectivity index (χ4v) is 4.14. The van der Waals surface area contributed by atoms with Crippen molar-refractivity contribution < 1.29 is 19.2 Å². The maximum absolute atomic E-state index is 13.0. The molecule has 0 aromatic heterocycles. The molecule has 1 saturated carbocycles. The van der Waals surface area contributed by atoms with Crippen LogP contribution in [0.1, 0.15) is 69.8 Å². The summed E-state index contributed by atoms with van der Waals surface area (Å²) in [5.41, 5.74) is 1.00. The number of para-hydroxylation sites is 1. The summed E-state index contributed by atoms with van der Waals surface area (Å²) in [6, 6.07) is 6.27. The van der Waals surface area contributed by atoms with E-state index >= 15 is 0 Å². The predicted octanol–water partition coefficient (Wildman–Crippen LogP) is 4.13. The lowest BCUT2D eigenvalue weighted by Crippen LogP contribution is -2.35. The Kier molecular flexibility index (Phi) is 6.44. The SMILES string of the molecule is CC1=C(C(=O)OC2CCCCCCC2)[C@H](c2ccccc2[N+](=O)[O-])CC(=O)N1. The van der Waals surface area contributed by atoms with Crippen LogP contribution in [0.2, 0.25) is 0 Å². The van der Waals surface area contributed by atoms with Crippen LogP contribution in [0.3, 0.4) is 0 Å². The molecule has 0 saturated heterocycles. The summed E-state index contributed by atoms with van der Waals surface area (Å²) in [5, 5.41) is 14.2. The zero-order valence-corrected chi connectivity index (χ0v) is 16.1. The Morgan fingerprint density at radius 2 is 1.79 bits per heavy atom. The molecular formula is C21H26N2O5. The monoisotopic (exact) mass is 386 g/mol. The Morgan fingerprint density at radius 3 is 2.46 bits per heavy atom. The summed E-state index contributed by atoms with van der Waals surface area (Å²) in [7, 11) is 0. The largest absolute Gasteiger partial charge is 0.459 e. The lowest BCUT2D eigenvalue weighted by Gasteiger charge is -2.28. The molecule has 28 heavy (non-hydrogen) atoms. The standard InChI is InChI=1S/C21H26N2O5/c1-14-20(21(25)28-15-9-5-3-2-4-6-10-15)17(13-19(24)22-14)16-11-7-8-12-18(16)23(26)27/h7-8,11-12,15,17H,2-6,9-10,13H2,1H3,(H,22,24)/t17-/m0/s1. The van der Waals surface area contributed by atoms with E-state index in [1.165, 1.54) is 12.5 Å². The van der Waals surface area contributed by atoms with Crippen LogP contribution in [-0.2, 0) is 14.3 Å². The summed E-state index contributed by atoms with van der Waals surface area (Å²) >= 11 is 0. The van der Waals surface area contributed by atoms with Gasteiger partial charge in [-0.15, -0.1) is 0 Å². The number of carbonyl (C=O) groups excluding carboxylic acids is 2. The fourth-order valence-electron chi connectivity index (χ4n) is 4.14. The molecule has 0 unspecified atom stereocenters. The van der Waals surface area contributed by atoms with E-state index in [4.69, 9.17) is 4.74 Å². The van der Waals surface area contributed by atoms with Crippen LogP contribution in [0, 0.1) is 10.1 Å². The van der Waals surface area contributed by atoms with E-state index in [9.17, 15) is 19.7 Å². The molecule has 1 aliphatic carbocycles. The van der Waals surface area contributed by atoms with Crippen LogP contribution >= 0.6 is 0 Å². The zero-order chi connectivity index (χ0) is 20.1. The van der Waals surface area contributed by atoms with Crippen molar-refractivity contribution in [2.45, 2.75) is 70.3 Å². The molecular weight excluding hydrogens is 360 g/mol. The second kappa shape index (κ2) is 8.99. The molecule has 1 heterocycles. The lowest BCUT2D eigenvalue weighted by atomic mass is 9.83. The van der Waals surface area contributed by atoms with E-state index in [1.54, 1.807) is 25.1 Å². The third-order valence-corrected chi connectivity index (χ3v) is 5.52. The molecule has 1 amide bonds. The van der Waals surface area contributed by atoms with E-state index in [-0.39, 0.29) is 24.1 Å². The van der Waals surface area contributed by atoms with Crippen LogP contribution in [0.5, 0.6) is 0 Å². The molecule has 2 aliphatic rings. The van der Waals surface area contributed by atoms with Gasteiger partial charge in [-0.2, -0.15) is 0 Å². The molecule has 7 heteroatoms. The average molecular weight is 386 g/mol. The first-order valence-corrected chi connectivity index (χ1v) is 9.92. The smallest absolute Gasteiger partial charge is 0.336 e. The van der Waals surface area contributed by atoms with Gasteiger partial charge in [0, 0.05) is 29.7 Å². The number of esters is 1. The van der Waals surface area contributed by atoms with Crippen molar-refractivity contribution in [3.63, 3.8) is 0 Å². The molecule has 0 spiro atoms. The zero-order valence-electron chi connectivity index (χ0n) is 16.1. The van der Waals surface area contributed by atoms with Gasteiger partial charge >= 0.3 is 5.97 Å². The van der Waals surface area contributed by atoms with Crippen LogP contribution in [0.4, 0.5) is 5.69 Å². The van der Waals surface area contributed by atoms with Gasteiger partial charge in [0.1, 0.15) is 6.10 Å². The summed E-state index contributed by atoms with van der Waals surface area (Å²) in [5.74, 6) is -1.43. The van der Waals surface area contributed by atoms with Crippen molar-refractivity contribution in [1.82, 2.24) is 5.32 Å². The van der Waals surface area contributed by atoms with Crippen molar-refractivity contribution in [2.75, 3.05) is 0 Å². The first-order valence-electron chi connectivity index (χ1n) is 9.92. The molecule has 1 aliphatic heterocycles. The second-order valence-electron chi connectivity index (χ2n) is 7.53. The Morgan fingerprint density at radius 1 is 1.14 bits per heavy atom. The Balaban J connectivity index is 1.89. The Labute approximate surface area is 164 Å². The predicted molar refractivity (Wildman–Crippen MR) is 103 cm³/mol. The van der Waals surface area contributed by atoms with Gasteiger partial charge < -0.3 is 10.1 Å². The molecule has 1 atom stereocenters. The third-order valence-electron chi connectivity index (χ3n) is 5.52. The number of rotatable bonds is 4. The van der Waals surface area contributed by atoms with Gasteiger partial charge in [-0.25, -0.2) is 4.79 Å². The number of benzene rings is 1. The first kappa shape index (κ1) is 20.0. The van der Waals surface area contributed by atoms with E-state index in [0.717, 1.165) is 38.5 Å². The van der Waals surface area contributed by atoms with Gasteiger partial charge in [-0.05, 0) is 32.6 Å². The number of nitro groups is 1. The van der Waals surface area contributed by atoms with Crippen LogP contribution in [-0.4, -0.2) is 22.9 Å². The molecule has 1 N–H and O–H groups in total. The van der Waals surface area contributed by atoms with E-state index in [0.29, 0.717) is 16.8 Å². The van der Waals surface area contributed by atoms with E-state index in [2.05, 4.69) is 5.32 Å². The molecule has 1 fully saturated rings. The number of hydrogen-bond donors (Lipinski definition) is 1. The number of ether oxygens (including phenoxy) is 1. The Hall–Kier alpha value is -2.70. The number of amides is 1. The quantitative estimate of drug-likeness (QED) is 0.477. The highest BCUT2D eigenvalue weighted by molar-refractivity contribution is 5.96. The van der Waals surface area contributed by atoms with Crippen molar-refractivity contribution in [2.24, 2.45) is 0 Å². The molecule has 7 nitrogen and oxygen atoms in total. The highest BCUT2D eigenvalue weighted by Crippen LogP contribution is 2.38. The number of carbonyl (C=O) groups is 2. The number of nitrogens with one attached hydrogen (secondary N) is 1. The molecule has 1 aromatic carbocycles. The lowest BCUT2D eigenvalue weighted by molar-refractivity contribution is -0.385.